The fourth-order valence-corrected chi connectivity index (χ4v) is 5.73. The van der Waals surface area contributed by atoms with Crippen molar-refractivity contribution in [1.29, 1.82) is 0 Å². The molecule has 0 spiro atoms. The van der Waals surface area contributed by atoms with Gasteiger partial charge in [-0.25, -0.2) is 8.42 Å². The number of hydrogen-bond acceptors (Lipinski definition) is 4. The lowest BCUT2D eigenvalue weighted by Crippen LogP contribution is -2.45. The Hall–Kier alpha value is -0.130. The van der Waals surface area contributed by atoms with Gasteiger partial charge in [0.1, 0.15) is 0 Å². The van der Waals surface area contributed by atoms with Crippen molar-refractivity contribution >= 4 is 9.84 Å². The Morgan fingerprint density at radius 3 is 2.48 bits per heavy atom. The molecule has 1 saturated carbocycles. The summed E-state index contributed by atoms with van der Waals surface area (Å²) >= 11 is 0. The molecule has 1 heterocycles. The zero-order chi connectivity index (χ0) is 15.5. The molecular weight excluding hydrogens is 284 g/mol. The van der Waals surface area contributed by atoms with Crippen LogP contribution in [0.3, 0.4) is 0 Å². The monoisotopic (exact) mass is 316 g/mol. The Labute approximate surface area is 130 Å². The summed E-state index contributed by atoms with van der Waals surface area (Å²) < 4.78 is 23.3. The lowest BCUT2D eigenvalue weighted by molar-refractivity contribution is 0.142. The van der Waals surface area contributed by atoms with Gasteiger partial charge in [-0.1, -0.05) is 26.7 Å². The molecule has 0 aromatic heterocycles. The molecule has 4 nitrogen and oxygen atoms in total. The van der Waals surface area contributed by atoms with Gasteiger partial charge >= 0.3 is 0 Å². The van der Waals surface area contributed by atoms with Gasteiger partial charge in [0.15, 0.2) is 9.84 Å². The first-order valence-electron chi connectivity index (χ1n) is 8.43. The summed E-state index contributed by atoms with van der Waals surface area (Å²) in [6, 6.07) is 0.234. The van der Waals surface area contributed by atoms with Crippen LogP contribution in [0.1, 0.15) is 46.0 Å². The van der Waals surface area contributed by atoms with Crippen LogP contribution in [0.25, 0.3) is 0 Å². The van der Waals surface area contributed by atoms with Gasteiger partial charge in [0.05, 0.1) is 11.5 Å². The molecule has 2 rings (SSSR count). The lowest BCUT2D eigenvalue weighted by atomic mass is 9.85. The molecule has 21 heavy (non-hydrogen) atoms. The maximum atomic E-state index is 11.7. The van der Waals surface area contributed by atoms with E-state index >= 15 is 0 Å². The quantitative estimate of drug-likeness (QED) is 0.779. The number of hydrogen-bond donors (Lipinski definition) is 1. The molecule has 1 aliphatic heterocycles. The highest BCUT2D eigenvalue weighted by atomic mass is 32.2. The minimum Gasteiger partial charge on any atom is -0.316 e. The van der Waals surface area contributed by atoms with E-state index < -0.39 is 9.84 Å². The van der Waals surface area contributed by atoms with Crippen LogP contribution < -0.4 is 5.32 Å². The zero-order valence-corrected chi connectivity index (χ0v) is 14.7. The summed E-state index contributed by atoms with van der Waals surface area (Å²) in [6.45, 7) is 7.67. The molecule has 1 aliphatic carbocycles. The van der Waals surface area contributed by atoms with Crippen molar-refractivity contribution in [3.05, 3.63) is 0 Å². The second kappa shape index (κ2) is 6.97. The van der Waals surface area contributed by atoms with Crippen molar-refractivity contribution in [3.63, 3.8) is 0 Å². The second-order valence-corrected chi connectivity index (χ2v) is 9.93. The molecule has 0 bridgehead atoms. The van der Waals surface area contributed by atoms with Gasteiger partial charge in [0, 0.05) is 19.1 Å². The standard InChI is InChI=1S/C16H32N2O2S/c1-14(2)10-17-12-16(7-4-5-8-16)13-18(3)15-6-9-21(19,20)11-15/h14-15,17H,4-13H2,1-3H3. The SMILES string of the molecule is CC(C)CNCC1(CN(C)C2CCS(=O)(=O)C2)CCCC1. The van der Waals surface area contributed by atoms with Crippen molar-refractivity contribution in [2.24, 2.45) is 11.3 Å². The average Bonchev–Trinajstić information content (AvgIpc) is 2.96. The van der Waals surface area contributed by atoms with Gasteiger partial charge in [0.25, 0.3) is 0 Å². The van der Waals surface area contributed by atoms with E-state index in [4.69, 9.17) is 0 Å². The van der Waals surface area contributed by atoms with Gasteiger partial charge in [-0.15, -0.1) is 0 Å². The van der Waals surface area contributed by atoms with Crippen LogP contribution in [-0.4, -0.2) is 57.5 Å². The van der Waals surface area contributed by atoms with Gasteiger partial charge in [-0.05, 0) is 44.2 Å². The van der Waals surface area contributed by atoms with Gasteiger partial charge in [0.2, 0.25) is 0 Å². The van der Waals surface area contributed by atoms with Crippen LogP contribution in [0.15, 0.2) is 0 Å². The molecule has 1 unspecified atom stereocenters. The Bertz CT molecular complexity index is 428. The number of sulfone groups is 1. The van der Waals surface area contributed by atoms with Crippen LogP contribution >= 0.6 is 0 Å². The molecule has 2 aliphatic rings. The molecule has 1 atom stereocenters. The summed E-state index contributed by atoms with van der Waals surface area (Å²) in [4.78, 5) is 2.33. The minimum absolute atomic E-state index is 0.234. The molecule has 0 amide bonds. The molecule has 2 fully saturated rings. The Morgan fingerprint density at radius 2 is 1.95 bits per heavy atom. The largest absolute Gasteiger partial charge is 0.316 e. The molecule has 0 aromatic carbocycles. The van der Waals surface area contributed by atoms with E-state index in [0.717, 1.165) is 26.1 Å². The summed E-state index contributed by atoms with van der Waals surface area (Å²) in [5.74, 6) is 1.42. The highest BCUT2D eigenvalue weighted by molar-refractivity contribution is 7.91. The molecule has 1 N–H and O–H groups in total. The van der Waals surface area contributed by atoms with Crippen molar-refractivity contribution in [2.75, 3.05) is 38.2 Å². The van der Waals surface area contributed by atoms with E-state index in [9.17, 15) is 8.42 Å². The molecule has 124 valence electrons. The zero-order valence-electron chi connectivity index (χ0n) is 13.9. The first kappa shape index (κ1) is 17.2. The predicted molar refractivity (Wildman–Crippen MR) is 88.3 cm³/mol. The fourth-order valence-electron chi connectivity index (χ4n) is 3.92. The van der Waals surface area contributed by atoms with E-state index in [0.29, 0.717) is 22.8 Å². The van der Waals surface area contributed by atoms with E-state index in [1.165, 1.54) is 25.7 Å². The first-order chi connectivity index (χ1) is 9.82. The molecule has 0 aromatic rings. The van der Waals surface area contributed by atoms with Crippen LogP contribution in [0.4, 0.5) is 0 Å². The van der Waals surface area contributed by atoms with Gasteiger partial charge in [-0.3, -0.25) is 0 Å². The summed E-state index contributed by atoms with van der Waals surface area (Å²) in [7, 11) is -0.660. The van der Waals surface area contributed by atoms with E-state index in [2.05, 4.69) is 31.1 Å². The van der Waals surface area contributed by atoms with Crippen LogP contribution in [-0.2, 0) is 9.84 Å². The summed E-state index contributed by atoms with van der Waals surface area (Å²) in [6.07, 6.45) is 6.01. The molecule has 0 radical (unpaired) electrons. The maximum Gasteiger partial charge on any atom is 0.151 e. The van der Waals surface area contributed by atoms with Crippen LogP contribution in [0, 0.1) is 11.3 Å². The van der Waals surface area contributed by atoms with Crippen molar-refractivity contribution in [2.45, 2.75) is 52.0 Å². The summed E-state index contributed by atoms with van der Waals surface area (Å²) in [5.41, 5.74) is 0.357. The number of nitrogens with one attached hydrogen (secondary N) is 1. The van der Waals surface area contributed by atoms with Crippen molar-refractivity contribution < 1.29 is 8.42 Å². The molecular formula is C16H32N2O2S. The third kappa shape index (κ3) is 4.93. The van der Waals surface area contributed by atoms with Gasteiger partial charge in [-0.2, -0.15) is 0 Å². The number of rotatable bonds is 7. The molecule has 1 saturated heterocycles. The Morgan fingerprint density at radius 1 is 1.29 bits per heavy atom. The average molecular weight is 317 g/mol. The molecule has 5 heteroatoms. The van der Waals surface area contributed by atoms with E-state index in [1.54, 1.807) is 0 Å². The van der Waals surface area contributed by atoms with Gasteiger partial charge < -0.3 is 10.2 Å². The highest BCUT2D eigenvalue weighted by Gasteiger charge is 2.38. The third-order valence-electron chi connectivity index (χ3n) is 5.13. The highest BCUT2D eigenvalue weighted by Crippen LogP contribution is 2.39. The maximum absolute atomic E-state index is 11.7. The Balaban J connectivity index is 1.90. The summed E-state index contributed by atoms with van der Waals surface area (Å²) in [5, 5.41) is 3.63. The normalized spacial score (nSPS) is 27.8. The second-order valence-electron chi connectivity index (χ2n) is 7.70. The smallest absolute Gasteiger partial charge is 0.151 e. The Kier molecular flexibility index (Phi) is 5.71. The van der Waals surface area contributed by atoms with Crippen molar-refractivity contribution in [3.8, 4) is 0 Å². The fraction of sp³-hybridized carbons (Fsp3) is 1.00. The predicted octanol–water partition coefficient (Wildman–Crippen LogP) is 1.91. The van der Waals surface area contributed by atoms with Crippen molar-refractivity contribution in [1.82, 2.24) is 10.2 Å². The number of nitrogens with zero attached hydrogens (tertiary/aromatic N) is 1. The van der Waals surface area contributed by atoms with Crippen LogP contribution in [0.5, 0.6) is 0 Å². The lowest BCUT2D eigenvalue weighted by Gasteiger charge is -2.36. The third-order valence-corrected chi connectivity index (χ3v) is 6.88. The van der Waals surface area contributed by atoms with E-state index in [1.807, 2.05) is 0 Å². The minimum atomic E-state index is -2.78. The van der Waals surface area contributed by atoms with E-state index in [-0.39, 0.29) is 6.04 Å². The topological polar surface area (TPSA) is 49.4 Å². The first-order valence-corrected chi connectivity index (χ1v) is 10.3. The van der Waals surface area contributed by atoms with Crippen LogP contribution in [0.2, 0.25) is 0 Å².